The molecule has 0 bridgehead atoms. The zero-order chi connectivity index (χ0) is 18.6. The van der Waals surface area contributed by atoms with Gasteiger partial charge in [-0.3, -0.25) is 4.79 Å². The van der Waals surface area contributed by atoms with E-state index in [0.29, 0.717) is 6.54 Å². The summed E-state index contributed by atoms with van der Waals surface area (Å²) in [4.78, 5) is 22.9. The van der Waals surface area contributed by atoms with Gasteiger partial charge in [-0.15, -0.1) is 0 Å². The van der Waals surface area contributed by atoms with E-state index in [9.17, 15) is 4.79 Å². The molecular weight excluding hydrogens is 336 g/mol. The van der Waals surface area contributed by atoms with Crippen LogP contribution in [0.1, 0.15) is 24.0 Å². The Labute approximate surface area is 159 Å². The lowest BCUT2D eigenvalue weighted by Gasteiger charge is -2.31. The van der Waals surface area contributed by atoms with E-state index in [-0.39, 0.29) is 11.8 Å². The number of carbonyl (C=O) groups is 1. The molecular formula is C22H26N4O. The Balaban J connectivity index is 1.34. The van der Waals surface area contributed by atoms with E-state index >= 15 is 0 Å². The molecule has 1 aliphatic heterocycles. The Morgan fingerprint density at radius 1 is 1.22 bits per heavy atom. The van der Waals surface area contributed by atoms with Gasteiger partial charge in [0.2, 0.25) is 11.9 Å². The van der Waals surface area contributed by atoms with Crippen LogP contribution in [0, 0.1) is 12.8 Å². The highest BCUT2D eigenvalue weighted by atomic mass is 16.1. The number of aromatic amines is 1. The molecule has 5 heteroatoms. The lowest BCUT2D eigenvalue weighted by atomic mass is 9.97. The Kier molecular flexibility index (Phi) is 5.10. The number of imidazole rings is 1. The Bertz CT molecular complexity index is 900. The standard InChI is InChI=1S/C22H26N4O/c1-16-7-2-3-8-17(16)12-13-23-21(27)18-9-6-14-26(15-18)22-24-19-10-4-5-11-20(19)25-22/h2-5,7-8,10-11,18H,6,9,12-15H2,1H3,(H,23,27)(H,24,25)/t18-/m0/s1. The molecule has 0 aliphatic carbocycles. The maximum absolute atomic E-state index is 12.7. The van der Waals surface area contributed by atoms with Gasteiger partial charge in [0.1, 0.15) is 0 Å². The van der Waals surface area contributed by atoms with Crippen molar-refractivity contribution in [2.75, 3.05) is 24.5 Å². The number of hydrogen-bond donors (Lipinski definition) is 2. The number of piperidine rings is 1. The topological polar surface area (TPSA) is 61.0 Å². The molecule has 2 N–H and O–H groups in total. The zero-order valence-corrected chi connectivity index (χ0v) is 15.7. The number of nitrogens with one attached hydrogen (secondary N) is 2. The fraction of sp³-hybridized carbons (Fsp3) is 0.364. The van der Waals surface area contributed by atoms with Gasteiger partial charge in [0.05, 0.1) is 17.0 Å². The number of rotatable bonds is 5. The predicted molar refractivity (Wildman–Crippen MR) is 109 cm³/mol. The first-order valence-electron chi connectivity index (χ1n) is 9.72. The van der Waals surface area contributed by atoms with Crippen molar-refractivity contribution in [1.82, 2.24) is 15.3 Å². The van der Waals surface area contributed by atoms with E-state index < -0.39 is 0 Å². The number of nitrogens with zero attached hydrogens (tertiary/aromatic N) is 2. The largest absolute Gasteiger partial charge is 0.355 e. The highest BCUT2D eigenvalue weighted by molar-refractivity contribution is 5.80. The molecule has 1 saturated heterocycles. The van der Waals surface area contributed by atoms with Crippen LogP contribution in [0.25, 0.3) is 11.0 Å². The van der Waals surface area contributed by atoms with Crippen molar-refractivity contribution in [3.05, 3.63) is 59.7 Å². The molecule has 0 radical (unpaired) electrons. The molecule has 1 aromatic heterocycles. The molecule has 140 valence electrons. The van der Waals surface area contributed by atoms with Crippen LogP contribution in [-0.2, 0) is 11.2 Å². The molecule has 0 spiro atoms. The molecule has 2 heterocycles. The molecule has 4 rings (SSSR count). The fourth-order valence-corrected chi connectivity index (χ4v) is 3.83. The third kappa shape index (κ3) is 3.97. The summed E-state index contributed by atoms with van der Waals surface area (Å²) in [5, 5.41) is 3.13. The number of H-pyrrole nitrogens is 1. The van der Waals surface area contributed by atoms with Gasteiger partial charge in [-0.1, -0.05) is 36.4 Å². The summed E-state index contributed by atoms with van der Waals surface area (Å²) in [5.41, 5.74) is 4.58. The average molecular weight is 362 g/mol. The van der Waals surface area contributed by atoms with Crippen LogP contribution in [0.3, 0.4) is 0 Å². The summed E-state index contributed by atoms with van der Waals surface area (Å²) >= 11 is 0. The second-order valence-corrected chi connectivity index (χ2v) is 7.33. The summed E-state index contributed by atoms with van der Waals surface area (Å²) in [7, 11) is 0. The van der Waals surface area contributed by atoms with Gasteiger partial charge in [-0.25, -0.2) is 4.98 Å². The van der Waals surface area contributed by atoms with Gasteiger partial charge in [0, 0.05) is 19.6 Å². The van der Waals surface area contributed by atoms with Gasteiger partial charge in [0.15, 0.2) is 0 Å². The number of carbonyl (C=O) groups excluding carboxylic acids is 1. The van der Waals surface area contributed by atoms with Crippen molar-refractivity contribution in [3.63, 3.8) is 0 Å². The number of amides is 1. The van der Waals surface area contributed by atoms with Crippen molar-refractivity contribution in [2.24, 2.45) is 5.92 Å². The lowest BCUT2D eigenvalue weighted by molar-refractivity contribution is -0.125. The first-order chi connectivity index (χ1) is 13.2. The third-order valence-corrected chi connectivity index (χ3v) is 5.42. The molecule has 0 saturated carbocycles. The Hall–Kier alpha value is -2.82. The first kappa shape index (κ1) is 17.6. The van der Waals surface area contributed by atoms with Gasteiger partial charge in [0.25, 0.3) is 0 Å². The van der Waals surface area contributed by atoms with Crippen LogP contribution in [-0.4, -0.2) is 35.5 Å². The van der Waals surface area contributed by atoms with E-state index in [2.05, 4.69) is 45.3 Å². The highest BCUT2D eigenvalue weighted by Gasteiger charge is 2.27. The molecule has 1 aliphatic rings. The van der Waals surface area contributed by atoms with Gasteiger partial charge in [-0.05, 0) is 49.4 Å². The van der Waals surface area contributed by atoms with Gasteiger partial charge < -0.3 is 15.2 Å². The minimum Gasteiger partial charge on any atom is -0.355 e. The summed E-state index contributed by atoms with van der Waals surface area (Å²) in [5.74, 6) is 1.04. The maximum Gasteiger partial charge on any atom is 0.224 e. The molecule has 1 amide bonds. The van der Waals surface area contributed by atoms with Gasteiger partial charge in [-0.2, -0.15) is 0 Å². The maximum atomic E-state index is 12.7. The number of para-hydroxylation sites is 2. The summed E-state index contributed by atoms with van der Waals surface area (Å²) in [6.45, 7) is 4.46. The molecule has 1 fully saturated rings. The molecule has 27 heavy (non-hydrogen) atoms. The highest BCUT2D eigenvalue weighted by Crippen LogP contribution is 2.23. The summed E-state index contributed by atoms with van der Waals surface area (Å²) in [6.07, 6.45) is 2.82. The van der Waals surface area contributed by atoms with Crippen molar-refractivity contribution in [3.8, 4) is 0 Å². The summed E-state index contributed by atoms with van der Waals surface area (Å²) in [6, 6.07) is 16.4. The molecule has 5 nitrogen and oxygen atoms in total. The number of hydrogen-bond acceptors (Lipinski definition) is 3. The number of aromatic nitrogens is 2. The monoisotopic (exact) mass is 362 g/mol. The van der Waals surface area contributed by atoms with Crippen LogP contribution in [0.2, 0.25) is 0 Å². The number of benzene rings is 2. The van der Waals surface area contributed by atoms with E-state index in [0.717, 1.165) is 49.3 Å². The molecule has 0 unspecified atom stereocenters. The van der Waals surface area contributed by atoms with Crippen LogP contribution < -0.4 is 10.2 Å². The smallest absolute Gasteiger partial charge is 0.224 e. The van der Waals surface area contributed by atoms with Crippen molar-refractivity contribution in [1.29, 1.82) is 0 Å². The van der Waals surface area contributed by atoms with E-state index in [4.69, 9.17) is 0 Å². The lowest BCUT2D eigenvalue weighted by Crippen LogP contribution is -2.43. The summed E-state index contributed by atoms with van der Waals surface area (Å²) < 4.78 is 0. The second kappa shape index (κ2) is 7.82. The SMILES string of the molecule is Cc1ccccc1CCNC(=O)[C@H]1CCCN(c2nc3ccccc3[nH]2)C1. The van der Waals surface area contributed by atoms with Crippen LogP contribution >= 0.6 is 0 Å². The van der Waals surface area contributed by atoms with E-state index in [1.54, 1.807) is 0 Å². The van der Waals surface area contributed by atoms with Crippen LogP contribution in [0.4, 0.5) is 5.95 Å². The Morgan fingerprint density at radius 2 is 2.04 bits per heavy atom. The quantitative estimate of drug-likeness (QED) is 0.731. The fourth-order valence-electron chi connectivity index (χ4n) is 3.83. The minimum absolute atomic E-state index is 0.0174. The van der Waals surface area contributed by atoms with Crippen molar-refractivity contribution < 1.29 is 4.79 Å². The number of anilines is 1. The molecule has 3 aromatic rings. The minimum atomic E-state index is 0.0174. The second-order valence-electron chi connectivity index (χ2n) is 7.33. The number of aryl methyl sites for hydroxylation is 1. The van der Waals surface area contributed by atoms with Crippen molar-refractivity contribution in [2.45, 2.75) is 26.2 Å². The van der Waals surface area contributed by atoms with Gasteiger partial charge >= 0.3 is 0 Å². The van der Waals surface area contributed by atoms with Crippen LogP contribution in [0.5, 0.6) is 0 Å². The van der Waals surface area contributed by atoms with E-state index in [1.165, 1.54) is 11.1 Å². The van der Waals surface area contributed by atoms with E-state index in [1.807, 2.05) is 30.3 Å². The average Bonchev–Trinajstić information content (AvgIpc) is 3.14. The molecule has 2 aromatic carbocycles. The Morgan fingerprint density at radius 3 is 2.89 bits per heavy atom. The molecule has 1 atom stereocenters. The normalized spacial score (nSPS) is 17.2. The van der Waals surface area contributed by atoms with Crippen molar-refractivity contribution >= 4 is 22.9 Å². The van der Waals surface area contributed by atoms with Crippen LogP contribution in [0.15, 0.2) is 48.5 Å². The first-order valence-corrected chi connectivity index (χ1v) is 9.72. The number of fused-ring (bicyclic) bond motifs is 1. The predicted octanol–water partition coefficient (Wildman–Crippen LogP) is 3.45. The third-order valence-electron chi connectivity index (χ3n) is 5.42. The zero-order valence-electron chi connectivity index (χ0n) is 15.7.